The van der Waals surface area contributed by atoms with Crippen LogP contribution in [0.1, 0.15) is 31.0 Å². The second-order valence-corrected chi connectivity index (χ2v) is 4.13. The van der Waals surface area contributed by atoms with Gasteiger partial charge in [0, 0.05) is 11.1 Å². The summed E-state index contributed by atoms with van der Waals surface area (Å²) in [6.45, 7) is 6.20. The van der Waals surface area contributed by atoms with Gasteiger partial charge < -0.3 is 5.73 Å². The lowest BCUT2D eigenvalue weighted by Gasteiger charge is -2.18. The molecule has 0 aliphatic carbocycles. The first-order valence-corrected chi connectivity index (χ1v) is 4.92. The molecule has 1 atom stereocenters. The van der Waals surface area contributed by atoms with Crippen LogP contribution in [0.15, 0.2) is 18.2 Å². The van der Waals surface area contributed by atoms with Gasteiger partial charge in [-0.3, -0.25) is 0 Å². The Morgan fingerprint density at radius 2 is 1.92 bits per heavy atom. The van der Waals surface area contributed by atoms with Gasteiger partial charge in [0.25, 0.3) is 0 Å². The summed E-state index contributed by atoms with van der Waals surface area (Å²) in [6.07, 6.45) is 0. The maximum absolute atomic E-state index is 6.15. The minimum Gasteiger partial charge on any atom is -0.324 e. The Labute approximate surface area is 84.9 Å². The molecule has 0 bridgehead atoms. The van der Waals surface area contributed by atoms with Gasteiger partial charge in [0.15, 0.2) is 0 Å². The highest BCUT2D eigenvalue weighted by molar-refractivity contribution is 6.32. The molecule has 2 heteroatoms. The fourth-order valence-electron chi connectivity index (χ4n) is 1.29. The molecular weight excluding hydrogens is 182 g/mol. The molecule has 72 valence electrons. The molecule has 2 N–H and O–H groups in total. The van der Waals surface area contributed by atoms with E-state index in [-0.39, 0.29) is 6.04 Å². The predicted molar refractivity (Wildman–Crippen MR) is 58.0 cm³/mol. The van der Waals surface area contributed by atoms with E-state index < -0.39 is 0 Å². The Balaban J connectivity index is 3.07. The molecule has 0 saturated heterocycles. The van der Waals surface area contributed by atoms with Crippen LogP contribution in [0.5, 0.6) is 0 Å². The number of hydrogen-bond donors (Lipinski definition) is 1. The number of nitrogens with two attached hydrogens (primary N) is 1. The molecule has 1 rings (SSSR count). The van der Waals surface area contributed by atoms with Crippen LogP contribution in [0.4, 0.5) is 0 Å². The first-order valence-electron chi connectivity index (χ1n) is 4.54. The van der Waals surface area contributed by atoms with Crippen LogP contribution in [0.2, 0.25) is 5.02 Å². The normalized spacial score (nSPS) is 13.4. The minimum absolute atomic E-state index is 0.0346. The third kappa shape index (κ3) is 2.23. The van der Waals surface area contributed by atoms with E-state index in [9.17, 15) is 0 Å². The van der Waals surface area contributed by atoms with Crippen molar-refractivity contribution in [2.45, 2.75) is 26.8 Å². The van der Waals surface area contributed by atoms with Crippen LogP contribution in [0.25, 0.3) is 0 Å². The predicted octanol–water partition coefficient (Wildman–Crippen LogP) is 3.30. The summed E-state index contributed by atoms with van der Waals surface area (Å²) < 4.78 is 0. The van der Waals surface area contributed by atoms with E-state index in [1.165, 1.54) is 0 Å². The molecule has 0 spiro atoms. The topological polar surface area (TPSA) is 26.0 Å². The molecular formula is C11H16ClN. The largest absolute Gasteiger partial charge is 0.324 e. The lowest BCUT2D eigenvalue weighted by atomic mass is 9.96. The van der Waals surface area contributed by atoms with Crippen molar-refractivity contribution in [2.24, 2.45) is 11.7 Å². The maximum atomic E-state index is 6.15. The molecule has 1 unspecified atom stereocenters. The molecule has 1 nitrogen and oxygen atoms in total. The van der Waals surface area contributed by atoms with E-state index in [1.54, 1.807) is 0 Å². The Bertz CT molecular complexity index is 294. The number of rotatable bonds is 2. The number of benzene rings is 1. The van der Waals surface area contributed by atoms with Crippen LogP contribution in [0, 0.1) is 12.8 Å². The number of halogens is 1. The summed E-state index contributed by atoms with van der Waals surface area (Å²) in [4.78, 5) is 0. The van der Waals surface area contributed by atoms with Crippen molar-refractivity contribution in [2.75, 3.05) is 0 Å². The summed E-state index contributed by atoms with van der Waals surface area (Å²) in [7, 11) is 0. The summed E-state index contributed by atoms with van der Waals surface area (Å²) in [6, 6.07) is 6.03. The zero-order valence-electron chi connectivity index (χ0n) is 8.34. The number of hydrogen-bond acceptors (Lipinski definition) is 1. The van der Waals surface area contributed by atoms with Gasteiger partial charge in [0.1, 0.15) is 0 Å². The van der Waals surface area contributed by atoms with E-state index in [0.29, 0.717) is 5.92 Å². The molecule has 1 aromatic rings. The first kappa shape index (κ1) is 10.6. The lowest BCUT2D eigenvalue weighted by molar-refractivity contribution is 0.514. The van der Waals surface area contributed by atoms with E-state index in [4.69, 9.17) is 17.3 Å². The Kier molecular flexibility index (Phi) is 3.34. The van der Waals surface area contributed by atoms with E-state index >= 15 is 0 Å². The molecule has 0 aromatic heterocycles. The van der Waals surface area contributed by atoms with Gasteiger partial charge in [0.05, 0.1) is 0 Å². The quantitative estimate of drug-likeness (QED) is 0.774. The fraction of sp³-hybridized carbons (Fsp3) is 0.455. The van der Waals surface area contributed by atoms with Crippen molar-refractivity contribution in [3.63, 3.8) is 0 Å². The molecule has 0 amide bonds. The molecule has 0 aliphatic rings. The highest BCUT2D eigenvalue weighted by atomic mass is 35.5. The van der Waals surface area contributed by atoms with Crippen molar-refractivity contribution in [3.8, 4) is 0 Å². The van der Waals surface area contributed by atoms with Gasteiger partial charge >= 0.3 is 0 Å². The standard InChI is InChI=1S/C11H16ClN/c1-7(2)11(13)9-6-4-5-8(3)10(9)12/h4-7,11H,13H2,1-3H3. The van der Waals surface area contributed by atoms with Crippen LogP contribution >= 0.6 is 11.6 Å². The van der Waals surface area contributed by atoms with E-state index in [2.05, 4.69) is 13.8 Å². The SMILES string of the molecule is Cc1cccc(C(N)C(C)C)c1Cl. The van der Waals surface area contributed by atoms with Gasteiger partial charge in [-0.25, -0.2) is 0 Å². The summed E-state index contributed by atoms with van der Waals surface area (Å²) >= 11 is 6.15. The second kappa shape index (κ2) is 4.12. The van der Waals surface area contributed by atoms with Crippen LogP contribution < -0.4 is 5.73 Å². The monoisotopic (exact) mass is 197 g/mol. The zero-order chi connectivity index (χ0) is 10.0. The first-order chi connectivity index (χ1) is 6.04. The Morgan fingerprint density at radius 3 is 2.46 bits per heavy atom. The van der Waals surface area contributed by atoms with Crippen LogP contribution in [0.3, 0.4) is 0 Å². The van der Waals surface area contributed by atoms with E-state index in [0.717, 1.165) is 16.1 Å². The summed E-state index contributed by atoms with van der Waals surface area (Å²) in [5.74, 6) is 0.416. The van der Waals surface area contributed by atoms with Crippen LogP contribution in [-0.2, 0) is 0 Å². The molecule has 0 heterocycles. The zero-order valence-corrected chi connectivity index (χ0v) is 9.10. The highest BCUT2D eigenvalue weighted by Crippen LogP contribution is 2.28. The third-order valence-electron chi connectivity index (χ3n) is 2.30. The van der Waals surface area contributed by atoms with Crippen molar-refractivity contribution in [1.82, 2.24) is 0 Å². The Morgan fingerprint density at radius 1 is 1.31 bits per heavy atom. The third-order valence-corrected chi connectivity index (χ3v) is 2.82. The molecule has 13 heavy (non-hydrogen) atoms. The van der Waals surface area contributed by atoms with Gasteiger partial charge in [0.2, 0.25) is 0 Å². The average Bonchev–Trinajstić information content (AvgIpc) is 2.08. The minimum atomic E-state index is 0.0346. The van der Waals surface area contributed by atoms with Crippen molar-refractivity contribution >= 4 is 11.6 Å². The lowest BCUT2D eigenvalue weighted by Crippen LogP contribution is -2.17. The summed E-state index contributed by atoms with van der Waals surface area (Å²) in [5.41, 5.74) is 8.17. The molecule has 0 fully saturated rings. The second-order valence-electron chi connectivity index (χ2n) is 3.75. The molecule has 1 aromatic carbocycles. The van der Waals surface area contributed by atoms with Gasteiger partial charge in [-0.05, 0) is 24.0 Å². The Hall–Kier alpha value is -0.530. The molecule has 0 aliphatic heterocycles. The van der Waals surface area contributed by atoms with Gasteiger partial charge in [-0.1, -0.05) is 43.6 Å². The highest BCUT2D eigenvalue weighted by Gasteiger charge is 2.14. The fourth-order valence-corrected chi connectivity index (χ4v) is 1.54. The van der Waals surface area contributed by atoms with Crippen molar-refractivity contribution in [3.05, 3.63) is 34.3 Å². The van der Waals surface area contributed by atoms with Gasteiger partial charge in [-0.15, -0.1) is 0 Å². The average molecular weight is 198 g/mol. The summed E-state index contributed by atoms with van der Waals surface area (Å²) in [5, 5.41) is 0.809. The molecule has 0 radical (unpaired) electrons. The molecule has 0 saturated carbocycles. The van der Waals surface area contributed by atoms with Crippen LogP contribution in [-0.4, -0.2) is 0 Å². The number of aryl methyl sites for hydroxylation is 1. The van der Waals surface area contributed by atoms with E-state index in [1.807, 2.05) is 25.1 Å². The maximum Gasteiger partial charge on any atom is 0.0483 e. The van der Waals surface area contributed by atoms with Gasteiger partial charge in [-0.2, -0.15) is 0 Å². The van der Waals surface area contributed by atoms with Crippen molar-refractivity contribution < 1.29 is 0 Å². The smallest absolute Gasteiger partial charge is 0.0483 e. The van der Waals surface area contributed by atoms with Crippen molar-refractivity contribution in [1.29, 1.82) is 0 Å².